The molecule has 0 unspecified atom stereocenters. The van der Waals surface area contributed by atoms with Gasteiger partial charge in [0.05, 0.1) is 28.3 Å². The van der Waals surface area contributed by atoms with Gasteiger partial charge in [0.25, 0.3) is 5.69 Å². The number of rotatable bonds is 7. The zero-order valence-corrected chi connectivity index (χ0v) is 20.1. The molecule has 34 heavy (non-hydrogen) atoms. The molecule has 8 heteroatoms. The van der Waals surface area contributed by atoms with Crippen LogP contribution in [-0.2, 0) is 0 Å². The molecule has 0 bridgehead atoms. The van der Waals surface area contributed by atoms with Gasteiger partial charge < -0.3 is 4.74 Å². The lowest BCUT2D eigenvalue weighted by atomic mass is 10.0. The van der Waals surface area contributed by atoms with Gasteiger partial charge in [-0.15, -0.1) is 0 Å². The predicted octanol–water partition coefficient (Wildman–Crippen LogP) is 6.85. The predicted molar refractivity (Wildman–Crippen MR) is 138 cm³/mol. The highest BCUT2D eigenvalue weighted by Gasteiger charge is 2.18. The highest BCUT2D eigenvalue weighted by Crippen LogP contribution is 2.40. The SMILES string of the molecule is COc1ccc(/C(C)=N\Nc2nc(-c3ccc(C)cc3C)c(-c3ccc([N+](=O)[O-])cc3)s2)cc1. The molecule has 1 aromatic heterocycles. The van der Waals surface area contributed by atoms with E-state index in [-0.39, 0.29) is 5.69 Å². The normalized spacial score (nSPS) is 11.4. The van der Waals surface area contributed by atoms with E-state index in [9.17, 15) is 10.1 Å². The number of hydrogen-bond acceptors (Lipinski definition) is 7. The van der Waals surface area contributed by atoms with Crippen LogP contribution in [0.5, 0.6) is 5.75 Å². The molecule has 0 radical (unpaired) electrons. The summed E-state index contributed by atoms with van der Waals surface area (Å²) in [7, 11) is 1.63. The van der Waals surface area contributed by atoms with E-state index in [1.165, 1.54) is 29.0 Å². The number of thiazole rings is 1. The maximum atomic E-state index is 11.1. The van der Waals surface area contributed by atoms with Crippen molar-refractivity contribution in [2.24, 2.45) is 5.10 Å². The Morgan fingerprint density at radius 3 is 2.38 bits per heavy atom. The Bertz CT molecular complexity index is 1360. The summed E-state index contributed by atoms with van der Waals surface area (Å²) in [5, 5.41) is 16.2. The van der Waals surface area contributed by atoms with Crippen LogP contribution in [-0.4, -0.2) is 22.7 Å². The topological polar surface area (TPSA) is 89.7 Å². The van der Waals surface area contributed by atoms with Gasteiger partial charge in [-0.2, -0.15) is 5.10 Å². The van der Waals surface area contributed by atoms with Crippen molar-refractivity contribution in [3.8, 4) is 27.4 Å². The molecule has 0 saturated carbocycles. The van der Waals surface area contributed by atoms with Gasteiger partial charge >= 0.3 is 0 Å². The molecular weight excluding hydrogens is 448 g/mol. The first-order chi connectivity index (χ1) is 16.4. The summed E-state index contributed by atoms with van der Waals surface area (Å²) in [5.74, 6) is 0.787. The number of nitrogens with one attached hydrogen (secondary N) is 1. The highest BCUT2D eigenvalue weighted by molar-refractivity contribution is 7.19. The number of benzene rings is 3. The monoisotopic (exact) mass is 472 g/mol. The number of aromatic nitrogens is 1. The summed E-state index contributed by atoms with van der Waals surface area (Å²) < 4.78 is 5.21. The zero-order valence-electron chi connectivity index (χ0n) is 19.3. The standard InChI is InChI=1S/C26H24N4O3S/c1-16-5-14-23(17(2)15-16)24-25(20-6-10-21(11-7-20)30(31)32)34-26(27-24)29-28-18(3)19-8-12-22(33-4)13-9-19/h5-15H,1-4H3,(H,27,29)/b28-18-. The number of hydrazone groups is 1. The molecule has 1 heterocycles. The van der Waals surface area contributed by atoms with Crippen LogP contribution in [0.25, 0.3) is 21.7 Å². The van der Waals surface area contributed by atoms with E-state index in [2.05, 4.69) is 42.6 Å². The first-order valence-corrected chi connectivity index (χ1v) is 11.5. The van der Waals surface area contributed by atoms with Gasteiger partial charge in [-0.25, -0.2) is 4.98 Å². The first kappa shape index (κ1) is 23.1. The number of nitro benzene ring substituents is 1. The average Bonchev–Trinajstić information content (AvgIpc) is 3.26. The minimum atomic E-state index is -0.398. The van der Waals surface area contributed by atoms with Gasteiger partial charge in [-0.3, -0.25) is 15.5 Å². The van der Waals surface area contributed by atoms with Gasteiger partial charge in [0.2, 0.25) is 5.13 Å². The fraction of sp³-hybridized carbons (Fsp3) is 0.154. The van der Waals surface area contributed by atoms with Crippen molar-refractivity contribution < 1.29 is 9.66 Å². The molecule has 0 amide bonds. The third kappa shape index (κ3) is 4.97. The summed E-state index contributed by atoms with van der Waals surface area (Å²) >= 11 is 1.46. The number of aryl methyl sites for hydroxylation is 2. The van der Waals surface area contributed by atoms with Crippen LogP contribution in [0.4, 0.5) is 10.8 Å². The Balaban J connectivity index is 1.71. The third-order valence-corrected chi connectivity index (χ3v) is 6.44. The van der Waals surface area contributed by atoms with E-state index in [0.717, 1.165) is 44.3 Å². The molecule has 0 aliphatic rings. The van der Waals surface area contributed by atoms with E-state index in [1.807, 2.05) is 31.2 Å². The number of anilines is 1. The lowest BCUT2D eigenvalue weighted by Crippen LogP contribution is -1.99. The second-order valence-corrected chi connectivity index (χ2v) is 8.86. The Hall–Kier alpha value is -4.04. The van der Waals surface area contributed by atoms with Crippen molar-refractivity contribution in [2.75, 3.05) is 12.5 Å². The fourth-order valence-corrected chi connectivity index (χ4v) is 4.52. The number of nitrogens with zero attached hydrogens (tertiary/aromatic N) is 3. The average molecular weight is 473 g/mol. The van der Waals surface area contributed by atoms with Crippen molar-refractivity contribution in [2.45, 2.75) is 20.8 Å². The van der Waals surface area contributed by atoms with Crippen molar-refractivity contribution >= 4 is 27.9 Å². The van der Waals surface area contributed by atoms with Crippen LogP contribution in [0.15, 0.2) is 71.8 Å². The van der Waals surface area contributed by atoms with Crippen LogP contribution >= 0.6 is 11.3 Å². The smallest absolute Gasteiger partial charge is 0.269 e. The number of nitro groups is 1. The van der Waals surface area contributed by atoms with E-state index in [0.29, 0.717) is 5.13 Å². The van der Waals surface area contributed by atoms with E-state index in [1.54, 1.807) is 19.2 Å². The lowest BCUT2D eigenvalue weighted by molar-refractivity contribution is -0.384. The summed E-state index contributed by atoms with van der Waals surface area (Å²) in [4.78, 5) is 16.4. The summed E-state index contributed by atoms with van der Waals surface area (Å²) in [5.41, 5.74) is 9.89. The van der Waals surface area contributed by atoms with Crippen LogP contribution in [0.1, 0.15) is 23.6 Å². The second kappa shape index (κ2) is 9.84. The van der Waals surface area contributed by atoms with Crippen LogP contribution in [0.2, 0.25) is 0 Å². The van der Waals surface area contributed by atoms with Crippen molar-refractivity contribution in [1.29, 1.82) is 0 Å². The quantitative estimate of drug-likeness (QED) is 0.180. The van der Waals surface area contributed by atoms with Crippen LogP contribution in [0.3, 0.4) is 0 Å². The van der Waals surface area contributed by atoms with Gasteiger partial charge in [-0.05, 0) is 73.9 Å². The molecule has 3 aromatic carbocycles. The number of non-ortho nitro benzene ring substituents is 1. The van der Waals surface area contributed by atoms with E-state index >= 15 is 0 Å². The molecule has 172 valence electrons. The second-order valence-electron chi connectivity index (χ2n) is 7.86. The molecule has 7 nitrogen and oxygen atoms in total. The van der Waals surface area contributed by atoms with Crippen molar-refractivity contribution in [3.05, 3.63) is 93.5 Å². The van der Waals surface area contributed by atoms with Gasteiger partial charge in [0.1, 0.15) is 5.75 Å². The number of ether oxygens (including phenoxy) is 1. The summed E-state index contributed by atoms with van der Waals surface area (Å²) in [6.07, 6.45) is 0. The molecule has 0 aliphatic carbocycles. The Morgan fingerprint density at radius 2 is 1.76 bits per heavy atom. The largest absolute Gasteiger partial charge is 0.497 e. The van der Waals surface area contributed by atoms with Gasteiger partial charge in [0.15, 0.2) is 0 Å². The van der Waals surface area contributed by atoms with Crippen LogP contribution in [0, 0.1) is 24.0 Å². The minimum Gasteiger partial charge on any atom is -0.497 e. The van der Waals surface area contributed by atoms with E-state index in [4.69, 9.17) is 9.72 Å². The van der Waals surface area contributed by atoms with Crippen molar-refractivity contribution in [3.63, 3.8) is 0 Å². The molecule has 0 spiro atoms. The number of methoxy groups -OCH3 is 1. The maximum absolute atomic E-state index is 11.1. The summed E-state index contributed by atoms with van der Waals surface area (Å²) in [6, 6.07) is 20.5. The molecule has 0 saturated heterocycles. The molecule has 0 atom stereocenters. The molecule has 0 fully saturated rings. The van der Waals surface area contributed by atoms with Gasteiger partial charge in [-0.1, -0.05) is 35.1 Å². The zero-order chi connectivity index (χ0) is 24.2. The summed E-state index contributed by atoms with van der Waals surface area (Å²) in [6.45, 7) is 6.03. The van der Waals surface area contributed by atoms with Gasteiger partial charge in [0, 0.05) is 17.7 Å². The molecular formula is C26H24N4O3S. The fourth-order valence-electron chi connectivity index (χ4n) is 3.59. The first-order valence-electron chi connectivity index (χ1n) is 10.6. The Morgan fingerprint density at radius 1 is 1.06 bits per heavy atom. The number of hydrogen-bond donors (Lipinski definition) is 1. The third-order valence-electron chi connectivity index (χ3n) is 5.43. The maximum Gasteiger partial charge on any atom is 0.269 e. The van der Waals surface area contributed by atoms with E-state index < -0.39 is 4.92 Å². The molecule has 4 rings (SSSR count). The minimum absolute atomic E-state index is 0.0550. The van der Waals surface area contributed by atoms with Crippen molar-refractivity contribution in [1.82, 2.24) is 4.98 Å². The molecule has 1 N–H and O–H groups in total. The Kier molecular flexibility index (Phi) is 6.70. The Labute approximate surface area is 201 Å². The van der Waals surface area contributed by atoms with Crippen LogP contribution < -0.4 is 10.2 Å². The highest BCUT2D eigenvalue weighted by atomic mass is 32.1. The molecule has 0 aliphatic heterocycles. The molecule has 4 aromatic rings. The lowest BCUT2D eigenvalue weighted by Gasteiger charge is -2.07.